The molecule has 0 fully saturated rings. The number of aryl methyl sites for hydroxylation is 1. The van der Waals surface area contributed by atoms with Crippen LogP contribution in [0.25, 0.3) is 0 Å². The van der Waals surface area contributed by atoms with Crippen LogP contribution in [0.1, 0.15) is 49.3 Å². The van der Waals surface area contributed by atoms with Gasteiger partial charge in [0, 0.05) is 19.4 Å². The molecule has 0 unspecified atom stereocenters. The average Bonchev–Trinajstić information content (AvgIpc) is 2.46. The number of benzene rings is 1. The maximum atomic E-state index is 12.0. The second kappa shape index (κ2) is 6.52. The molecule has 1 aromatic rings. The molecule has 0 aromatic heterocycles. The number of amides is 2. The van der Waals surface area contributed by atoms with Crippen molar-refractivity contribution in [2.75, 3.05) is 0 Å². The number of rotatable bonds is 4. The normalized spacial score (nSPS) is 14.7. The molecule has 0 spiro atoms. The first kappa shape index (κ1) is 15.2. The maximum absolute atomic E-state index is 12.0. The van der Waals surface area contributed by atoms with E-state index in [9.17, 15) is 9.59 Å². The second-order valence-corrected chi connectivity index (χ2v) is 5.62. The Balaban J connectivity index is 2.01. The Bertz CT molecular complexity index is 591. The van der Waals surface area contributed by atoms with Crippen LogP contribution in [-0.2, 0) is 16.1 Å². The molecule has 0 aliphatic carbocycles. The third kappa shape index (κ3) is 3.90. The van der Waals surface area contributed by atoms with Crippen LogP contribution in [0.2, 0.25) is 0 Å². The minimum Gasteiger partial charge on any atom is -0.347 e. The summed E-state index contributed by atoms with van der Waals surface area (Å²) in [7, 11) is 0. The molecule has 1 aromatic carbocycles. The van der Waals surface area contributed by atoms with E-state index in [4.69, 9.17) is 0 Å². The molecule has 21 heavy (non-hydrogen) atoms. The Hall–Kier alpha value is -2.17. The van der Waals surface area contributed by atoms with Crippen molar-refractivity contribution < 1.29 is 9.59 Å². The van der Waals surface area contributed by atoms with Gasteiger partial charge in [0.15, 0.2) is 0 Å². The van der Waals surface area contributed by atoms with Crippen molar-refractivity contribution in [3.63, 3.8) is 0 Å². The average molecular weight is 287 g/mol. The van der Waals surface area contributed by atoms with Crippen molar-refractivity contribution in [1.82, 2.24) is 10.7 Å². The molecule has 0 saturated carbocycles. The summed E-state index contributed by atoms with van der Waals surface area (Å²) in [6.45, 7) is 6.79. The van der Waals surface area contributed by atoms with Gasteiger partial charge in [-0.05, 0) is 29.5 Å². The van der Waals surface area contributed by atoms with Gasteiger partial charge in [0.25, 0.3) is 5.91 Å². The molecule has 0 atom stereocenters. The molecule has 0 saturated heterocycles. The van der Waals surface area contributed by atoms with Crippen molar-refractivity contribution in [1.29, 1.82) is 0 Å². The fourth-order valence-electron chi connectivity index (χ4n) is 2.16. The van der Waals surface area contributed by atoms with Crippen LogP contribution in [-0.4, -0.2) is 17.5 Å². The zero-order chi connectivity index (χ0) is 15.4. The van der Waals surface area contributed by atoms with Gasteiger partial charge in [-0.2, -0.15) is 5.10 Å². The van der Waals surface area contributed by atoms with Gasteiger partial charge < -0.3 is 5.32 Å². The van der Waals surface area contributed by atoms with Gasteiger partial charge in [-0.15, -0.1) is 0 Å². The summed E-state index contributed by atoms with van der Waals surface area (Å²) < 4.78 is 0. The van der Waals surface area contributed by atoms with Gasteiger partial charge in [-0.1, -0.05) is 32.0 Å². The first-order chi connectivity index (χ1) is 9.97. The van der Waals surface area contributed by atoms with Crippen LogP contribution < -0.4 is 10.7 Å². The predicted molar refractivity (Wildman–Crippen MR) is 81.9 cm³/mol. The zero-order valence-corrected chi connectivity index (χ0v) is 12.7. The van der Waals surface area contributed by atoms with Crippen LogP contribution in [0.3, 0.4) is 0 Å². The van der Waals surface area contributed by atoms with E-state index in [1.807, 2.05) is 6.92 Å². The Kier molecular flexibility index (Phi) is 4.73. The largest absolute Gasteiger partial charge is 0.347 e. The van der Waals surface area contributed by atoms with E-state index in [1.54, 1.807) is 0 Å². The molecule has 112 valence electrons. The molecular formula is C16H21N3O2. The van der Waals surface area contributed by atoms with E-state index in [-0.39, 0.29) is 11.8 Å². The number of hydrogen-bond donors (Lipinski definition) is 2. The van der Waals surface area contributed by atoms with E-state index in [0.717, 1.165) is 11.1 Å². The van der Waals surface area contributed by atoms with E-state index in [2.05, 4.69) is 47.9 Å². The number of nitrogens with zero attached hydrogens (tertiary/aromatic N) is 1. The lowest BCUT2D eigenvalue weighted by Crippen LogP contribution is -2.36. The first-order valence-corrected chi connectivity index (χ1v) is 7.20. The molecule has 1 aliphatic heterocycles. The van der Waals surface area contributed by atoms with Gasteiger partial charge in [0.05, 0.1) is 0 Å². The highest BCUT2D eigenvalue weighted by Gasteiger charge is 2.18. The summed E-state index contributed by atoms with van der Waals surface area (Å²) in [5.41, 5.74) is 6.23. The van der Waals surface area contributed by atoms with Crippen LogP contribution in [0, 0.1) is 6.92 Å². The quantitative estimate of drug-likeness (QED) is 0.889. The SMILES string of the molecule is Cc1ccc(C(C)C)cc1CNC(=O)C1=NNC(=O)CC1. The topological polar surface area (TPSA) is 70.6 Å². The maximum Gasteiger partial charge on any atom is 0.267 e. The number of hydrogen-bond acceptors (Lipinski definition) is 3. The summed E-state index contributed by atoms with van der Waals surface area (Å²) in [4.78, 5) is 23.0. The van der Waals surface area contributed by atoms with E-state index in [1.165, 1.54) is 5.56 Å². The number of carbonyl (C=O) groups excluding carboxylic acids is 2. The molecule has 0 radical (unpaired) electrons. The Morgan fingerprint density at radius 1 is 1.38 bits per heavy atom. The standard InChI is InChI=1S/C16H21N3O2/c1-10(2)12-5-4-11(3)13(8-12)9-17-16(21)14-6-7-15(20)19-18-14/h4-5,8,10H,6-7,9H2,1-3H3,(H,17,21)(H,19,20). The molecule has 1 heterocycles. The van der Waals surface area contributed by atoms with Crippen molar-refractivity contribution >= 4 is 17.5 Å². The van der Waals surface area contributed by atoms with E-state index in [0.29, 0.717) is 31.0 Å². The molecule has 5 heteroatoms. The van der Waals surface area contributed by atoms with Crippen molar-refractivity contribution in [3.05, 3.63) is 34.9 Å². The van der Waals surface area contributed by atoms with Gasteiger partial charge in [0.2, 0.25) is 5.91 Å². The summed E-state index contributed by atoms with van der Waals surface area (Å²) >= 11 is 0. The fraction of sp³-hybridized carbons (Fsp3) is 0.438. The minimum atomic E-state index is -0.218. The predicted octanol–water partition coefficient (Wildman–Crippen LogP) is 2.00. The highest BCUT2D eigenvalue weighted by atomic mass is 16.2. The monoisotopic (exact) mass is 287 g/mol. The van der Waals surface area contributed by atoms with E-state index >= 15 is 0 Å². The number of nitrogens with one attached hydrogen (secondary N) is 2. The van der Waals surface area contributed by atoms with Gasteiger partial charge in [-0.3, -0.25) is 9.59 Å². The lowest BCUT2D eigenvalue weighted by atomic mass is 9.98. The lowest BCUT2D eigenvalue weighted by molar-refractivity contribution is -0.121. The minimum absolute atomic E-state index is 0.146. The van der Waals surface area contributed by atoms with Crippen molar-refractivity contribution in [2.24, 2.45) is 5.10 Å². The molecule has 1 aliphatic rings. The summed E-state index contributed by atoms with van der Waals surface area (Å²) in [5.74, 6) is 0.0920. The van der Waals surface area contributed by atoms with Crippen LogP contribution in [0.4, 0.5) is 0 Å². The van der Waals surface area contributed by atoms with Gasteiger partial charge in [-0.25, -0.2) is 5.43 Å². The number of carbonyl (C=O) groups is 2. The van der Waals surface area contributed by atoms with Crippen LogP contribution >= 0.6 is 0 Å². The van der Waals surface area contributed by atoms with E-state index < -0.39 is 0 Å². The summed E-state index contributed by atoms with van der Waals surface area (Å²) in [6, 6.07) is 6.33. The second-order valence-electron chi connectivity index (χ2n) is 5.62. The zero-order valence-electron chi connectivity index (χ0n) is 12.7. The highest BCUT2D eigenvalue weighted by molar-refractivity contribution is 6.39. The molecule has 2 amide bonds. The lowest BCUT2D eigenvalue weighted by Gasteiger charge is -2.14. The van der Waals surface area contributed by atoms with Gasteiger partial charge in [0.1, 0.15) is 5.71 Å². The van der Waals surface area contributed by atoms with Crippen molar-refractivity contribution in [2.45, 2.75) is 46.1 Å². The Morgan fingerprint density at radius 3 is 2.76 bits per heavy atom. The van der Waals surface area contributed by atoms with Crippen molar-refractivity contribution in [3.8, 4) is 0 Å². The summed E-state index contributed by atoms with van der Waals surface area (Å²) in [5, 5.41) is 6.67. The Labute approximate surface area is 124 Å². The molecule has 2 rings (SSSR count). The summed E-state index contributed by atoms with van der Waals surface area (Å²) in [6.07, 6.45) is 0.705. The molecule has 5 nitrogen and oxygen atoms in total. The third-order valence-electron chi connectivity index (χ3n) is 3.65. The van der Waals surface area contributed by atoms with Crippen LogP contribution in [0.15, 0.2) is 23.3 Å². The molecule has 2 N–H and O–H groups in total. The Morgan fingerprint density at radius 2 is 2.14 bits per heavy atom. The van der Waals surface area contributed by atoms with Crippen LogP contribution in [0.5, 0.6) is 0 Å². The highest BCUT2D eigenvalue weighted by Crippen LogP contribution is 2.18. The third-order valence-corrected chi connectivity index (χ3v) is 3.65. The van der Waals surface area contributed by atoms with Gasteiger partial charge >= 0.3 is 0 Å². The fourth-order valence-corrected chi connectivity index (χ4v) is 2.16. The first-order valence-electron chi connectivity index (χ1n) is 7.20. The number of hydrazone groups is 1. The molecule has 0 bridgehead atoms. The smallest absolute Gasteiger partial charge is 0.267 e. The molecular weight excluding hydrogens is 266 g/mol.